The zero-order valence-corrected chi connectivity index (χ0v) is 11.1. The second-order valence-electron chi connectivity index (χ2n) is 6.63. The molecule has 2 bridgehead atoms. The fraction of sp³-hybridized carbons (Fsp3) is 1.00. The maximum Gasteiger partial charge on any atom is 0.0254 e. The molecular formula is C15H25Cl. The Morgan fingerprint density at radius 3 is 2.38 bits per heavy atom. The molecule has 16 heavy (non-hydrogen) atoms. The highest BCUT2D eigenvalue weighted by atomic mass is 35.5. The molecule has 0 radical (unpaired) electrons. The molecular weight excluding hydrogens is 216 g/mol. The first-order chi connectivity index (χ1) is 7.86. The summed E-state index contributed by atoms with van der Waals surface area (Å²) in [4.78, 5) is 0. The topological polar surface area (TPSA) is 0 Å². The molecule has 0 heterocycles. The smallest absolute Gasteiger partial charge is 0.0254 e. The number of hydrogen-bond donors (Lipinski definition) is 0. The van der Waals surface area contributed by atoms with Gasteiger partial charge in [0.25, 0.3) is 0 Å². The molecule has 4 atom stereocenters. The highest BCUT2D eigenvalue weighted by molar-refractivity contribution is 6.18. The quantitative estimate of drug-likeness (QED) is 0.616. The van der Waals surface area contributed by atoms with Gasteiger partial charge >= 0.3 is 0 Å². The summed E-state index contributed by atoms with van der Waals surface area (Å²) in [5.74, 6) is 6.03. The molecule has 3 fully saturated rings. The van der Waals surface area contributed by atoms with Crippen LogP contribution in [0.1, 0.15) is 57.8 Å². The zero-order valence-electron chi connectivity index (χ0n) is 10.3. The summed E-state index contributed by atoms with van der Waals surface area (Å²) in [7, 11) is 0. The van der Waals surface area contributed by atoms with Gasteiger partial charge in [-0.2, -0.15) is 0 Å². The minimum Gasteiger partial charge on any atom is -0.126 e. The molecule has 0 aromatic heterocycles. The predicted molar refractivity (Wildman–Crippen MR) is 69.7 cm³/mol. The largest absolute Gasteiger partial charge is 0.126 e. The number of halogens is 1. The van der Waals surface area contributed by atoms with E-state index in [4.69, 9.17) is 11.6 Å². The van der Waals surface area contributed by atoms with Gasteiger partial charge < -0.3 is 0 Å². The summed E-state index contributed by atoms with van der Waals surface area (Å²) in [6, 6.07) is 0. The van der Waals surface area contributed by atoms with Crippen molar-refractivity contribution >= 4 is 11.6 Å². The number of hydrogen-bond acceptors (Lipinski definition) is 0. The van der Waals surface area contributed by atoms with E-state index in [1.54, 1.807) is 12.8 Å². The van der Waals surface area contributed by atoms with Crippen LogP contribution in [0.2, 0.25) is 0 Å². The van der Waals surface area contributed by atoms with Crippen LogP contribution in [0, 0.1) is 29.6 Å². The van der Waals surface area contributed by atoms with E-state index in [2.05, 4.69) is 0 Å². The Morgan fingerprint density at radius 2 is 1.81 bits per heavy atom. The monoisotopic (exact) mass is 240 g/mol. The van der Waals surface area contributed by atoms with Crippen LogP contribution < -0.4 is 0 Å². The lowest BCUT2D eigenvalue weighted by molar-refractivity contribution is 0.233. The van der Waals surface area contributed by atoms with Crippen LogP contribution in [0.5, 0.6) is 0 Å². The van der Waals surface area contributed by atoms with Crippen LogP contribution in [-0.4, -0.2) is 5.88 Å². The molecule has 0 aromatic carbocycles. The number of rotatable bonds is 4. The van der Waals surface area contributed by atoms with E-state index >= 15 is 0 Å². The van der Waals surface area contributed by atoms with E-state index in [0.717, 1.165) is 35.5 Å². The Labute approximate surface area is 105 Å². The van der Waals surface area contributed by atoms with Crippen LogP contribution >= 0.6 is 11.6 Å². The van der Waals surface area contributed by atoms with E-state index < -0.39 is 0 Å². The first-order valence-electron chi connectivity index (χ1n) is 7.42. The van der Waals surface area contributed by atoms with E-state index in [1.165, 1.54) is 44.9 Å². The maximum atomic E-state index is 6.23. The van der Waals surface area contributed by atoms with Crippen LogP contribution in [-0.2, 0) is 0 Å². The van der Waals surface area contributed by atoms with Crippen molar-refractivity contribution in [1.82, 2.24) is 0 Å². The van der Waals surface area contributed by atoms with E-state index in [-0.39, 0.29) is 0 Å². The highest BCUT2D eigenvalue weighted by Crippen LogP contribution is 2.51. The van der Waals surface area contributed by atoms with Gasteiger partial charge in [-0.05, 0) is 55.3 Å². The summed E-state index contributed by atoms with van der Waals surface area (Å²) >= 11 is 6.23. The third-order valence-electron chi connectivity index (χ3n) is 5.75. The van der Waals surface area contributed by atoms with Crippen molar-refractivity contribution in [2.24, 2.45) is 29.6 Å². The number of fused-ring (bicyclic) bond motifs is 2. The minimum absolute atomic E-state index is 0.855. The Balaban J connectivity index is 1.55. The molecule has 0 amide bonds. The summed E-state index contributed by atoms with van der Waals surface area (Å²) in [5.41, 5.74) is 0. The van der Waals surface area contributed by atoms with Crippen LogP contribution in [0.3, 0.4) is 0 Å². The van der Waals surface area contributed by atoms with E-state index in [1.807, 2.05) is 0 Å². The molecule has 3 rings (SSSR count). The minimum atomic E-state index is 0.855. The van der Waals surface area contributed by atoms with Crippen molar-refractivity contribution in [3.05, 3.63) is 0 Å². The lowest BCUT2D eigenvalue weighted by Crippen LogP contribution is -2.21. The molecule has 3 aliphatic carbocycles. The molecule has 0 nitrogen and oxygen atoms in total. The van der Waals surface area contributed by atoms with Crippen molar-refractivity contribution < 1.29 is 0 Å². The van der Waals surface area contributed by atoms with Crippen molar-refractivity contribution in [2.45, 2.75) is 57.8 Å². The average Bonchev–Trinajstić information content (AvgIpc) is 3.01. The highest BCUT2D eigenvalue weighted by Gasteiger charge is 2.41. The molecule has 4 unspecified atom stereocenters. The van der Waals surface area contributed by atoms with Crippen molar-refractivity contribution in [3.63, 3.8) is 0 Å². The summed E-state index contributed by atoms with van der Waals surface area (Å²) < 4.78 is 0. The fourth-order valence-electron chi connectivity index (χ4n) is 4.86. The van der Waals surface area contributed by atoms with Crippen LogP contribution in [0.4, 0.5) is 0 Å². The maximum absolute atomic E-state index is 6.23. The Bertz CT molecular complexity index is 232. The molecule has 0 saturated heterocycles. The molecule has 92 valence electrons. The summed E-state index contributed by atoms with van der Waals surface area (Å²) in [5, 5.41) is 0. The van der Waals surface area contributed by atoms with Gasteiger partial charge in [0.1, 0.15) is 0 Å². The predicted octanol–water partition coefficient (Wildman–Crippen LogP) is 4.86. The third-order valence-corrected chi connectivity index (χ3v) is 6.15. The first-order valence-corrected chi connectivity index (χ1v) is 7.96. The second-order valence-corrected chi connectivity index (χ2v) is 6.94. The molecule has 0 aromatic rings. The van der Waals surface area contributed by atoms with Gasteiger partial charge in [-0.15, -0.1) is 11.6 Å². The molecule has 0 N–H and O–H groups in total. The Hall–Kier alpha value is 0.290. The van der Waals surface area contributed by atoms with Gasteiger partial charge in [-0.3, -0.25) is 0 Å². The normalized spacial score (nSPS) is 40.7. The standard InChI is InChI=1S/C15H25Cl/c16-10-15(12-3-1-2-4-12)9-14-8-11-5-6-13(14)7-11/h11-15H,1-10H2. The lowest BCUT2D eigenvalue weighted by Gasteiger charge is -2.29. The first kappa shape index (κ1) is 11.4. The van der Waals surface area contributed by atoms with E-state index in [0.29, 0.717) is 0 Å². The molecule has 0 spiro atoms. The Kier molecular flexibility index (Phi) is 3.47. The number of alkyl halides is 1. The fourth-order valence-corrected chi connectivity index (χ4v) is 5.24. The van der Waals surface area contributed by atoms with Gasteiger partial charge in [0, 0.05) is 5.88 Å². The molecule has 0 aliphatic heterocycles. The summed E-state index contributed by atoms with van der Waals surface area (Å²) in [6.07, 6.45) is 13.5. The van der Waals surface area contributed by atoms with Crippen LogP contribution in [0.25, 0.3) is 0 Å². The van der Waals surface area contributed by atoms with Crippen LogP contribution in [0.15, 0.2) is 0 Å². The summed E-state index contributed by atoms with van der Waals surface area (Å²) in [6.45, 7) is 0. The van der Waals surface area contributed by atoms with Gasteiger partial charge in [-0.25, -0.2) is 0 Å². The lowest BCUT2D eigenvalue weighted by atomic mass is 9.78. The van der Waals surface area contributed by atoms with E-state index in [9.17, 15) is 0 Å². The van der Waals surface area contributed by atoms with Crippen molar-refractivity contribution in [1.29, 1.82) is 0 Å². The van der Waals surface area contributed by atoms with Gasteiger partial charge in [0.15, 0.2) is 0 Å². The van der Waals surface area contributed by atoms with Gasteiger partial charge in [0.2, 0.25) is 0 Å². The third kappa shape index (κ3) is 2.15. The second kappa shape index (κ2) is 4.88. The van der Waals surface area contributed by atoms with Crippen molar-refractivity contribution in [2.75, 3.05) is 5.88 Å². The van der Waals surface area contributed by atoms with Gasteiger partial charge in [-0.1, -0.05) is 32.1 Å². The van der Waals surface area contributed by atoms with Gasteiger partial charge in [0.05, 0.1) is 0 Å². The van der Waals surface area contributed by atoms with Crippen molar-refractivity contribution in [3.8, 4) is 0 Å². The SMILES string of the molecule is ClCC(CC1CC2CCC1C2)C1CCCC1. The molecule has 3 saturated carbocycles. The Morgan fingerprint density at radius 1 is 1.00 bits per heavy atom. The zero-order chi connectivity index (χ0) is 11.0. The molecule has 3 aliphatic rings. The average molecular weight is 241 g/mol. The molecule has 1 heteroatoms.